The number of ether oxygens (including phenoxy) is 1. The molecular weight excluding hydrogens is 547 g/mol. The van der Waals surface area contributed by atoms with Gasteiger partial charge >= 0.3 is 10.2 Å². The molecule has 0 aromatic heterocycles. The summed E-state index contributed by atoms with van der Waals surface area (Å²) in [5, 5.41) is 2.66. The molecule has 10 nitrogen and oxygen atoms in total. The molecule has 0 aliphatic carbocycles. The third kappa shape index (κ3) is 7.12. The molecule has 0 unspecified atom stereocenters. The van der Waals surface area contributed by atoms with Crippen LogP contribution in [0.5, 0.6) is 5.75 Å². The number of rotatable bonds is 11. The van der Waals surface area contributed by atoms with Gasteiger partial charge in [-0.1, -0.05) is 24.3 Å². The number of amides is 1. The van der Waals surface area contributed by atoms with Gasteiger partial charge < -0.3 is 10.1 Å². The highest BCUT2D eigenvalue weighted by Gasteiger charge is 2.27. The van der Waals surface area contributed by atoms with Gasteiger partial charge in [-0.2, -0.15) is 12.7 Å². The van der Waals surface area contributed by atoms with Gasteiger partial charge in [-0.05, 0) is 61.9 Å². The Labute approximate surface area is 228 Å². The first-order valence-corrected chi connectivity index (χ1v) is 14.7. The molecule has 39 heavy (non-hydrogen) atoms. The first kappa shape index (κ1) is 30.0. The molecule has 3 rings (SSSR count). The second kappa shape index (κ2) is 12.1. The lowest BCUT2D eigenvalue weighted by atomic mass is 10.1. The molecule has 3 aromatic carbocycles. The highest BCUT2D eigenvalue weighted by atomic mass is 32.2. The summed E-state index contributed by atoms with van der Waals surface area (Å²) in [6, 6.07) is 15.4. The topological polar surface area (TPSA) is 125 Å². The number of hydrogen-bond acceptors (Lipinski definition) is 6. The zero-order valence-corrected chi connectivity index (χ0v) is 23.8. The first-order chi connectivity index (χ1) is 18.3. The van der Waals surface area contributed by atoms with Crippen molar-refractivity contribution in [2.24, 2.45) is 0 Å². The van der Waals surface area contributed by atoms with E-state index in [2.05, 4.69) is 10.0 Å². The van der Waals surface area contributed by atoms with Crippen molar-refractivity contribution in [2.45, 2.75) is 31.3 Å². The molecule has 0 atom stereocenters. The fourth-order valence-electron chi connectivity index (χ4n) is 3.59. The normalized spacial score (nSPS) is 12.0. The molecule has 1 amide bonds. The Hall–Kier alpha value is -3.52. The number of para-hydroxylation sites is 1. The predicted molar refractivity (Wildman–Crippen MR) is 148 cm³/mol. The summed E-state index contributed by atoms with van der Waals surface area (Å²) in [5.74, 6) is -0.975. The molecule has 0 bridgehead atoms. The van der Waals surface area contributed by atoms with Gasteiger partial charge in [0.15, 0.2) is 0 Å². The Morgan fingerprint density at radius 1 is 0.974 bits per heavy atom. The maximum Gasteiger partial charge on any atom is 0.303 e. The van der Waals surface area contributed by atoms with E-state index in [4.69, 9.17) is 4.74 Å². The van der Waals surface area contributed by atoms with E-state index in [9.17, 15) is 26.0 Å². The fourth-order valence-corrected chi connectivity index (χ4v) is 5.97. The lowest BCUT2D eigenvalue weighted by Gasteiger charge is -2.27. The average Bonchev–Trinajstić information content (AvgIpc) is 2.87. The van der Waals surface area contributed by atoms with Gasteiger partial charge in [-0.25, -0.2) is 17.5 Å². The van der Waals surface area contributed by atoms with Gasteiger partial charge in [0.2, 0.25) is 10.0 Å². The molecule has 0 radical (unpaired) electrons. The third-order valence-corrected chi connectivity index (χ3v) is 8.99. The van der Waals surface area contributed by atoms with Crippen molar-refractivity contribution in [3.8, 4) is 5.75 Å². The van der Waals surface area contributed by atoms with E-state index in [1.165, 1.54) is 75.8 Å². The Balaban J connectivity index is 1.86. The molecule has 0 aliphatic rings. The zero-order valence-electron chi connectivity index (χ0n) is 22.2. The number of nitrogens with zero attached hydrogens (tertiary/aromatic N) is 2. The van der Waals surface area contributed by atoms with Crippen LogP contribution < -0.4 is 19.1 Å². The molecule has 0 saturated heterocycles. The number of methoxy groups -OCH3 is 1. The molecular formula is C26H31FN4O6S2. The van der Waals surface area contributed by atoms with E-state index in [-0.39, 0.29) is 40.2 Å². The summed E-state index contributed by atoms with van der Waals surface area (Å²) in [7, 11) is -3.75. The van der Waals surface area contributed by atoms with Crippen molar-refractivity contribution < 1.29 is 30.8 Å². The van der Waals surface area contributed by atoms with E-state index >= 15 is 0 Å². The molecule has 13 heteroatoms. The van der Waals surface area contributed by atoms with Crippen molar-refractivity contribution in [3.05, 3.63) is 83.7 Å². The van der Waals surface area contributed by atoms with Gasteiger partial charge in [0.05, 0.1) is 29.9 Å². The Morgan fingerprint density at radius 2 is 1.62 bits per heavy atom. The number of halogens is 1. The van der Waals surface area contributed by atoms with Crippen molar-refractivity contribution in [1.82, 2.24) is 9.03 Å². The van der Waals surface area contributed by atoms with Crippen LogP contribution in [0.15, 0.2) is 71.6 Å². The van der Waals surface area contributed by atoms with Gasteiger partial charge in [0.1, 0.15) is 11.6 Å². The van der Waals surface area contributed by atoms with Crippen molar-refractivity contribution in [1.29, 1.82) is 0 Å². The van der Waals surface area contributed by atoms with Gasteiger partial charge in [0, 0.05) is 25.7 Å². The maximum atomic E-state index is 14.5. The SMILES string of the molecule is COc1ccc(S(=O)(=O)NC(C)C)cc1NC(=O)c1ccc(CN(c2ccccc2F)S(=O)(=O)N(C)C)cc1. The van der Waals surface area contributed by atoms with Crippen LogP contribution >= 0.6 is 0 Å². The van der Waals surface area contributed by atoms with E-state index in [0.717, 1.165) is 8.61 Å². The number of carbonyl (C=O) groups is 1. The van der Waals surface area contributed by atoms with Gasteiger partial charge in [-0.15, -0.1) is 0 Å². The van der Waals surface area contributed by atoms with Crippen molar-refractivity contribution in [3.63, 3.8) is 0 Å². The summed E-state index contributed by atoms with van der Waals surface area (Å²) in [4.78, 5) is 12.9. The van der Waals surface area contributed by atoms with E-state index in [1.807, 2.05) is 0 Å². The summed E-state index contributed by atoms with van der Waals surface area (Å²) in [5.41, 5.74) is 0.774. The number of hydrogen-bond donors (Lipinski definition) is 2. The number of carbonyl (C=O) groups excluding carboxylic acids is 1. The zero-order chi connectivity index (χ0) is 29.0. The van der Waals surface area contributed by atoms with E-state index in [1.54, 1.807) is 26.0 Å². The smallest absolute Gasteiger partial charge is 0.303 e. The van der Waals surface area contributed by atoms with Crippen molar-refractivity contribution in [2.75, 3.05) is 30.8 Å². The summed E-state index contributed by atoms with van der Waals surface area (Å²) < 4.78 is 75.2. The molecule has 2 N–H and O–H groups in total. The molecule has 0 aliphatic heterocycles. The largest absolute Gasteiger partial charge is 0.495 e. The predicted octanol–water partition coefficient (Wildman–Crippen LogP) is 3.59. The molecule has 0 heterocycles. The van der Waals surface area contributed by atoms with Crippen LogP contribution in [0.3, 0.4) is 0 Å². The van der Waals surface area contributed by atoms with E-state index < -0.39 is 32.0 Å². The number of nitrogens with one attached hydrogen (secondary N) is 2. The second-order valence-corrected chi connectivity index (χ2v) is 12.8. The van der Waals surface area contributed by atoms with Crippen LogP contribution in [0.25, 0.3) is 0 Å². The molecule has 0 saturated carbocycles. The average molecular weight is 579 g/mol. The van der Waals surface area contributed by atoms with Gasteiger partial charge in [-0.3, -0.25) is 9.10 Å². The summed E-state index contributed by atoms with van der Waals surface area (Å²) in [6.07, 6.45) is 0. The standard InChI is InChI=1S/C26H31FN4O6S2/c1-18(2)29-38(33,34)21-14-15-25(37-5)23(16-21)28-26(32)20-12-10-19(11-13-20)17-31(39(35,36)30(3)4)24-9-7-6-8-22(24)27/h6-16,18,29H,17H2,1-5H3,(H,28,32). The van der Waals surface area contributed by atoms with Crippen LogP contribution in [0.4, 0.5) is 15.8 Å². The Kier molecular flexibility index (Phi) is 9.33. The molecule has 0 fully saturated rings. The van der Waals surface area contributed by atoms with Crippen LogP contribution in [0.2, 0.25) is 0 Å². The number of sulfonamides is 1. The Morgan fingerprint density at radius 3 is 2.18 bits per heavy atom. The minimum atomic E-state index is -4.03. The van der Waals surface area contributed by atoms with E-state index in [0.29, 0.717) is 5.56 Å². The second-order valence-electron chi connectivity index (χ2n) is 9.04. The molecule has 3 aromatic rings. The van der Waals surface area contributed by atoms with Crippen LogP contribution in [0.1, 0.15) is 29.8 Å². The summed E-state index contributed by atoms with van der Waals surface area (Å²) in [6.45, 7) is 3.21. The van der Waals surface area contributed by atoms with Crippen LogP contribution in [-0.2, 0) is 26.8 Å². The minimum absolute atomic E-state index is 0.0435. The van der Waals surface area contributed by atoms with Crippen LogP contribution in [0, 0.1) is 5.82 Å². The highest BCUT2D eigenvalue weighted by molar-refractivity contribution is 7.90. The van der Waals surface area contributed by atoms with Gasteiger partial charge in [0.25, 0.3) is 5.91 Å². The first-order valence-electron chi connectivity index (χ1n) is 11.8. The maximum absolute atomic E-state index is 14.5. The minimum Gasteiger partial charge on any atom is -0.495 e. The van der Waals surface area contributed by atoms with Crippen molar-refractivity contribution >= 4 is 37.5 Å². The molecule has 0 spiro atoms. The number of anilines is 2. The third-order valence-electron chi connectivity index (χ3n) is 5.52. The summed E-state index contributed by atoms with van der Waals surface area (Å²) >= 11 is 0. The Bertz CT molecular complexity index is 1540. The highest BCUT2D eigenvalue weighted by Crippen LogP contribution is 2.29. The lowest BCUT2D eigenvalue weighted by Crippen LogP contribution is -2.40. The lowest BCUT2D eigenvalue weighted by molar-refractivity contribution is 0.102. The fraction of sp³-hybridized carbons (Fsp3) is 0.269. The monoisotopic (exact) mass is 578 g/mol. The quantitative estimate of drug-likeness (QED) is 0.358. The number of benzene rings is 3. The molecule has 210 valence electrons. The van der Waals surface area contributed by atoms with Crippen LogP contribution in [-0.4, -0.2) is 54.3 Å².